The lowest BCUT2D eigenvalue weighted by Crippen LogP contribution is -2.30. The maximum atomic E-state index is 11.3. The Morgan fingerprint density at radius 3 is 2.27 bits per heavy atom. The summed E-state index contributed by atoms with van der Waals surface area (Å²) >= 11 is 0. The van der Waals surface area contributed by atoms with Crippen molar-refractivity contribution in [2.75, 3.05) is 0 Å². The van der Waals surface area contributed by atoms with Crippen LogP contribution in [0.4, 0.5) is 0 Å². The van der Waals surface area contributed by atoms with Gasteiger partial charge in [0.2, 0.25) is 0 Å². The Hall–Kier alpha value is -0.900. The number of carbonyl (C=O) groups excluding carboxylic acids is 2. The third-order valence-electron chi connectivity index (χ3n) is 1.72. The number of Topliss-reactive ketones (excluding diaryl/α,β-unsaturated/α-hetero) is 1. The Bertz CT molecular complexity index is 230. The van der Waals surface area contributed by atoms with Crippen LogP contribution in [0.5, 0.6) is 0 Å². The molecule has 0 saturated carbocycles. The fourth-order valence-corrected chi connectivity index (χ4v) is 1.09. The molecule has 0 aromatic carbocycles. The first-order valence-electron chi connectivity index (χ1n) is 5.17. The van der Waals surface area contributed by atoms with Crippen LogP contribution in [0.3, 0.4) is 0 Å². The first-order valence-corrected chi connectivity index (χ1v) is 5.17. The largest absolute Gasteiger partial charge is 0.460 e. The minimum atomic E-state index is -0.475. The molecule has 0 radical (unpaired) electrons. The van der Waals surface area contributed by atoms with Gasteiger partial charge in [0.25, 0.3) is 0 Å². The van der Waals surface area contributed by atoms with E-state index in [1.54, 1.807) is 0 Å². The lowest BCUT2D eigenvalue weighted by Gasteiger charge is -2.20. The van der Waals surface area contributed by atoms with Crippen LogP contribution in [0.25, 0.3) is 0 Å². The molecule has 0 heterocycles. The summed E-state index contributed by atoms with van der Waals surface area (Å²) in [4.78, 5) is 22.0. The zero-order valence-corrected chi connectivity index (χ0v) is 10.0. The SMILES string of the molecule is CC(=O)CC[C@H](N)CC(=O)OC(C)(C)C. The van der Waals surface area contributed by atoms with Crippen LogP contribution in [0.2, 0.25) is 0 Å². The van der Waals surface area contributed by atoms with Gasteiger partial charge in [0.1, 0.15) is 11.4 Å². The Morgan fingerprint density at radius 1 is 1.33 bits per heavy atom. The molecule has 4 nitrogen and oxygen atoms in total. The van der Waals surface area contributed by atoms with E-state index in [2.05, 4.69) is 0 Å². The van der Waals surface area contributed by atoms with Gasteiger partial charge in [0, 0.05) is 12.5 Å². The smallest absolute Gasteiger partial charge is 0.307 e. The molecule has 0 unspecified atom stereocenters. The van der Waals surface area contributed by atoms with Gasteiger partial charge in [-0.05, 0) is 34.1 Å². The molecule has 0 aliphatic carbocycles. The number of hydrogen-bond acceptors (Lipinski definition) is 4. The molecular formula is C11H21NO3. The monoisotopic (exact) mass is 215 g/mol. The van der Waals surface area contributed by atoms with E-state index in [9.17, 15) is 9.59 Å². The lowest BCUT2D eigenvalue weighted by atomic mass is 10.1. The average molecular weight is 215 g/mol. The highest BCUT2D eigenvalue weighted by Crippen LogP contribution is 2.10. The van der Waals surface area contributed by atoms with Crippen LogP contribution in [0.1, 0.15) is 47.0 Å². The fraction of sp³-hybridized carbons (Fsp3) is 0.818. The summed E-state index contributed by atoms with van der Waals surface area (Å²) in [5, 5.41) is 0. The van der Waals surface area contributed by atoms with Crippen molar-refractivity contribution in [2.24, 2.45) is 5.73 Å². The minimum Gasteiger partial charge on any atom is -0.460 e. The molecule has 1 atom stereocenters. The first kappa shape index (κ1) is 14.1. The molecule has 0 fully saturated rings. The molecule has 0 spiro atoms. The third-order valence-corrected chi connectivity index (χ3v) is 1.72. The van der Waals surface area contributed by atoms with Crippen LogP contribution in [-0.4, -0.2) is 23.4 Å². The van der Waals surface area contributed by atoms with E-state index in [1.165, 1.54) is 6.92 Å². The highest BCUT2D eigenvalue weighted by molar-refractivity contribution is 5.75. The van der Waals surface area contributed by atoms with Gasteiger partial charge in [-0.3, -0.25) is 4.79 Å². The molecule has 0 amide bonds. The summed E-state index contributed by atoms with van der Waals surface area (Å²) in [7, 11) is 0. The van der Waals surface area contributed by atoms with Gasteiger partial charge in [-0.15, -0.1) is 0 Å². The second-order valence-electron chi connectivity index (χ2n) is 4.79. The topological polar surface area (TPSA) is 69.4 Å². The van der Waals surface area contributed by atoms with Gasteiger partial charge in [-0.1, -0.05) is 0 Å². The van der Waals surface area contributed by atoms with E-state index in [0.29, 0.717) is 12.8 Å². The van der Waals surface area contributed by atoms with Crippen molar-refractivity contribution in [3.8, 4) is 0 Å². The molecular weight excluding hydrogens is 194 g/mol. The molecule has 0 rings (SSSR count). The summed E-state index contributed by atoms with van der Waals surface area (Å²) in [6.45, 7) is 6.95. The number of esters is 1. The van der Waals surface area contributed by atoms with E-state index in [1.807, 2.05) is 20.8 Å². The van der Waals surface area contributed by atoms with Crippen LogP contribution in [-0.2, 0) is 14.3 Å². The zero-order chi connectivity index (χ0) is 12.1. The molecule has 2 N–H and O–H groups in total. The predicted molar refractivity (Wildman–Crippen MR) is 58.4 cm³/mol. The summed E-state index contributed by atoms with van der Waals surface area (Å²) < 4.78 is 5.11. The molecule has 0 aromatic rings. The Morgan fingerprint density at radius 2 is 1.87 bits per heavy atom. The predicted octanol–water partition coefficient (Wildman–Crippen LogP) is 1.41. The number of ketones is 1. The van der Waals surface area contributed by atoms with Crippen LogP contribution in [0, 0.1) is 0 Å². The number of hydrogen-bond donors (Lipinski definition) is 1. The quantitative estimate of drug-likeness (QED) is 0.704. The van der Waals surface area contributed by atoms with Crippen molar-refractivity contribution in [3.05, 3.63) is 0 Å². The van der Waals surface area contributed by atoms with E-state index in [0.717, 1.165) is 0 Å². The maximum absolute atomic E-state index is 11.3. The van der Waals surface area contributed by atoms with Crippen LogP contribution in [0.15, 0.2) is 0 Å². The second-order valence-corrected chi connectivity index (χ2v) is 4.79. The highest BCUT2D eigenvalue weighted by atomic mass is 16.6. The van der Waals surface area contributed by atoms with E-state index in [-0.39, 0.29) is 24.2 Å². The van der Waals surface area contributed by atoms with Gasteiger partial charge < -0.3 is 15.3 Å². The van der Waals surface area contributed by atoms with E-state index < -0.39 is 5.60 Å². The fourth-order valence-electron chi connectivity index (χ4n) is 1.09. The van der Waals surface area contributed by atoms with E-state index in [4.69, 9.17) is 10.5 Å². The van der Waals surface area contributed by atoms with Gasteiger partial charge in [-0.25, -0.2) is 0 Å². The molecule has 0 bridgehead atoms. The van der Waals surface area contributed by atoms with Gasteiger partial charge >= 0.3 is 5.97 Å². The van der Waals surface area contributed by atoms with Gasteiger partial charge in [0.15, 0.2) is 0 Å². The molecule has 0 aliphatic rings. The first-order chi connectivity index (χ1) is 6.70. The highest BCUT2D eigenvalue weighted by Gasteiger charge is 2.18. The Balaban J connectivity index is 3.81. The molecule has 88 valence electrons. The van der Waals surface area contributed by atoms with E-state index >= 15 is 0 Å². The summed E-state index contributed by atoms with van der Waals surface area (Å²) in [5.74, 6) is -0.215. The average Bonchev–Trinajstić information content (AvgIpc) is 1.96. The molecule has 15 heavy (non-hydrogen) atoms. The molecule has 0 saturated heterocycles. The third kappa shape index (κ3) is 9.41. The maximum Gasteiger partial charge on any atom is 0.307 e. The number of carbonyl (C=O) groups is 2. The second kappa shape index (κ2) is 5.85. The molecule has 4 heteroatoms. The van der Waals surface area contributed by atoms with Crippen LogP contribution >= 0.6 is 0 Å². The molecule has 0 aromatic heterocycles. The minimum absolute atomic E-state index is 0.0923. The van der Waals surface area contributed by atoms with Crippen LogP contribution < -0.4 is 5.73 Å². The zero-order valence-electron chi connectivity index (χ0n) is 10.0. The summed E-state index contributed by atoms with van der Waals surface area (Å²) in [6.07, 6.45) is 1.13. The van der Waals surface area contributed by atoms with Crippen molar-refractivity contribution in [2.45, 2.75) is 58.6 Å². The number of nitrogens with two attached hydrogens (primary N) is 1. The van der Waals surface area contributed by atoms with Crippen molar-refractivity contribution in [1.29, 1.82) is 0 Å². The summed E-state index contributed by atoms with van der Waals surface area (Å²) in [6, 6.07) is -0.288. The lowest BCUT2D eigenvalue weighted by molar-refractivity contribution is -0.155. The standard InChI is InChI=1S/C11H21NO3/c1-8(13)5-6-9(12)7-10(14)15-11(2,3)4/h9H,5-7,12H2,1-4H3/t9-/m0/s1. The number of ether oxygens (including phenoxy) is 1. The van der Waals surface area contributed by atoms with Gasteiger partial charge in [-0.2, -0.15) is 0 Å². The Labute approximate surface area is 91.2 Å². The van der Waals surface area contributed by atoms with Crippen molar-refractivity contribution in [1.82, 2.24) is 0 Å². The summed E-state index contributed by atoms with van der Waals surface area (Å²) in [5.41, 5.74) is 5.21. The number of rotatable bonds is 5. The molecule has 0 aliphatic heterocycles. The van der Waals surface area contributed by atoms with Crippen molar-refractivity contribution >= 4 is 11.8 Å². The Kier molecular flexibility index (Phi) is 5.50. The normalized spacial score (nSPS) is 13.4. The van der Waals surface area contributed by atoms with Gasteiger partial charge in [0.05, 0.1) is 6.42 Å². The van der Waals surface area contributed by atoms with Crippen molar-refractivity contribution in [3.63, 3.8) is 0 Å². The van der Waals surface area contributed by atoms with Crippen molar-refractivity contribution < 1.29 is 14.3 Å².